The molecule has 2 atom stereocenters. The molecular weight excluding hydrogens is 490 g/mol. The van der Waals surface area contributed by atoms with Crippen LogP contribution in [-0.4, -0.2) is 47.1 Å². The van der Waals surface area contributed by atoms with E-state index in [0.29, 0.717) is 24.0 Å². The molecule has 0 spiro atoms. The van der Waals surface area contributed by atoms with E-state index in [4.69, 9.17) is 0 Å². The predicted octanol–water partition coefficient (Wildman–Crippen LogP) is 5.16. The van der Waals surface area contributed by atoms with Gasteiger partial charge in [-0.15, -0.1) is 0 Å². The average Bonchev–Trinajstić information content (AvgIpc) is 2.86. The summed E-state index contributed by atoms with van der Waals surface area (Å²) in [6.07, 6.45) is 2.41. The van der Waals surface area contributed by atoms with Crippen molar-refractivity contribution in [2.24, 2.45) is 5.92 Å². The van der Waals surface area contributed by atoms with Crippen molar-refractivity contribution < 1.29 is 14.7 Å². The first-order valence-corrected chi connectivity index (χ1v) is 13.5. The number of carbonyl (C=O) groups excluding carboxylic acids is 1. The molecule has 0 bridgehead atoms. The van der Waals surface area contributed by atoms with Crippen molar-refractivity contribution in [3.63, 3.8) is 0 Å². The van der Waals surface area contributed by atoms with E-state index in [1.165, 1.54) is 4.57 Å². The van der Waals surface area contributed by atoms with Crippen LogP contribution in [0.25, 0.3) is 11.1 Å². The van der Waals surface area contributed by atoms with Gasteiger partial charge in [-0.3, -0.25) is 14.4 Å². The lowest BCUT2D eigenvalue weighted by Gasteiger charge is -2.25. The average molecular weight is 532 g/mol. The van der Waals surface area contributed by atoms with Crippen LogP contribution < -0.4 is 10.9 Å². The molecule has 0 fully saturated rings. The van der Waals surface area contributed by atoms with Crippen LogP contribution in [0, 0.1) is 19.8 Å². The number of amides is 1. The number of likely N-dealkylation sites (N-methyl/N-ethyl adjacent to an activating group) is 1. The molecule has 0 aliphatic rings. The topological polar surface area (TPSA) is 91.6 Å². The SMILES string of the molecule is Cc1cccc(C)c1-c1cccc([C@H](CC(=O)O)NC(=O)C(CC(C)C)n2cccc(CCN(C)C)c2=O)c1. The number of nitrogens with zero attached hydrogens (tertiary/aromatic N) is 2. The zero-order valence-corrected chi connectivity index (χ0v) is 23.9. The molecule has 208 valence electrons. The van der Waals surface area contributed by atoms with Gasteiger partial charge in [0.1, 0.15) is 6.04 Å². The van der Waals surface area contributed by atoms with Crippen molar-refractivity contribution >= 4 is 11.9 Å². The normalized spacial score (nSPS) is 12.9. The zero-order chi connectivity index (χ0) is 28.7. The monoisotopic (exact) mass is 531 g/mol. The first kappa shape index (κ1) is 29.8. The summed E-state index contributed by atoms with van der Waals surface area (Å²) in [7, 11) is 3.91. The van der Waals surface area contributed by atoms with E-state index in [1.807, 2.05) is 89.2 Å². The minimum absolute atomic E-state index is 0.142. The minimum atomic E-state index is -1.01. The molecule has 0 radical (unpaired) electrons. The Morgan fingerprint density at radius 1 is 1.00 bits per heavy atom. The summed E-state index contributed by atoms with van der Waals surface area (Å²) in [4.78, 5) is 41.0. The highest BCUT2D eigenvalue weighted by atomic mass is 16.4. The summed E-state index contributed by atoms with van der Waals surface area (Å²) in [5.74, 6) is -1.23. The Hall–Kier alpha value is -3.71. The molecule has 2 aromatic carbocycles. The van der Waals surface area contributed by atoms with E-state index >= 15 is 0 Å². The number of aromatic nitrogens is 1. The van der Waals surface area contributed by atoms with Crippen molar-refractivity contribution in [2.75, 3.05) is 20.6 Å². The summed E-state index contributed by atoms with van der Waals surface area (Å²) in [5.41, 5.74) is 5.48. The van der Waals surface area contributed by atoms with Gasteiger partial charge in [0.2, 0.25) is 5.91 Å². The molecule has 1 amide bonds. The van der Waals surface area contributed by atoms with E-state index in [2.05, 4.69) is 5.32 Å². The highest BCUT2D eigenvalue weighted by Crippen LogP contribution is 2.30. The number of benzene rings is 2. The molecule has 1 aromatic heterocycles. The molecule has 0 aliphatic heterocycles. The van der Waals surface area contributed by atoms with Crippen LogP contribution in [0.2, 0.25) is 0 Å². The van der Waals surface area contributed by atoms with E-state index < -0.39 is 18.1 Å². The first-order valence-electron chi connectivity index (χ1n) is 13.5. The number of aliphatic carboxylic acids is 1. The number of aryl methyl sites for hydroxylation is 2. The third kappa shape index (κ3) is 7.90. The number of rotatable bonds is 12. The number of carbonyl (C=O) groups is 2. The Labute approximate surface area is 231 Å². The second kappa shape index (κ2) is 13.4. The summed E-state index contributed by atoms with van der Waals surface area (Å²) < 4.78 is 1.51. The molecular formula is C32H41N3O4. The van der Waals surface area contributed by atoms with Gasteiger partial charge in [0, 0.05) is 18.3 Å². The van der Waals surface area contributed by atoms with Crippen molar-refractivity contribution in [1.29, 1.82) is 0 Å². The molecule has 7 nitrogen and oxygen atoms in total. The molecule has 0 aliphatic carbocycles. The third-order valence-electron chi connectivity index (χ3n) is 6.97. The Morgan fingerprint density at radius 3 is 2.28 bits per heavy atom. The fourth-order valence-electron chi connectivity index (χ4n) is 5.01. The maximum absolute atomic E-state index is 13.8. The van der Waals surface area contributed by atoms with Gasteiger partial charge in [-0.05, 0) is 86.7 Å². The molecule has 1 unspecified atom stereocenters. The molecule has 0 saturated carbocycles. The lowest BCUT2D eigenvalue weighted by molar-refractivity contribution is -0.138. The molecule has 3 rings (SSSR count). The molecule has 2 N–H and O–H groups in total. The van der Waals surface area contributed by atoms with Gasteiger partial charge in [-0.2, -0.15) is 0 Å². The van der Waals surface area contributed by atoms with Gasteiger partial charge in [0.25, 0.3) is 5.56 Å². The fourth-order valence-corrected chi connectivity index (χ4v) is 5.01. The Balaban J connectivity index is 1.98. The summed E-state index contributed by atoms with van der Waals surface area (Å²) >= 11 is 0. The van der Waals surface area contributed by atoms with Crippen molar-refractivity contribution in [3.05, 3.63) is 93.4 Å². The molecule has 0 saturated heterocycles. The van der Waals surface area contributed by atoms with Crippen molar-refractivity contribution in [2.45, 2.75) is 59.0 Å². The van der Waals surface area contributed by atoms with Crippen LogP contribution >= 0.6 is 0 Å². The minimum Gasteiger partial charge on any atom is -0.481 e. The van der Waals surface area contributed by atoms with Gasteiger partial charge < -0.3 is 19.9 Å². The summed E-state index contributed by atoms with van der Waals surface area (Å²) in [5, 5.41) is 12.7. The fraction of sp³-hybridized carbons (Fsp3) is 0.406. The highest BCUT2D eigenvalue weighted by Gasteiger charge is 2.27. The van der Waals surface area contributed by atoms with Crippen LogP contribution in [0.5, 0.6) is 0 Å². The molecule has 39 heavy (non-hydrogen) atoms. The lowest BCUT2D eigenvalue weighted by atomic mass is 9.92. The standard InChI is InChI=1S/C32H41N3O4/c1-21(2)18-28(35-16-9-14-24(32(35)39)15-17-34(5)6)31(38)33-27(20-29(36)37)25-12-8-13-26(19-25)30-22(3)10-7-11-23(30)4/h7-14,16,19,21,27-28H,15,17-18,20H2,1-6H3,(H,33,38)(H,36,37)/t27-,28?/m0/s1. The van der Waals surface area contributed by atoms with Crippen LogP contribution in [0.3, 0.4) is 0 Å². The van der Waals surface area contributed by atoms with Crippen LogP contribution in [0.15, 0.2) is 65.6 Å². The number of hydrogen-bond acceptors (Lipinski definition) is 4. The van der Waals surface area contributed by atoms with Gasteiger partial charge in [-0.25, -0.2) is 0 Å². The quantitative estimate of drug-likeness (QED) is 0.337. The maximum atomic E-state index is 13.8. The first-order chi connectivity index (χ1) is 18.5. The van der Waals surface area contributed by atoms with Gasteiger partial charge in [0.15, 0.2) is 0 Å². The lowest BCUT2D eigenvalue weighted by Crippen LogP contribution is -2.40. The van der Waals surface area contributed by atoms with E-state index in [0.717, 1.165) is 28.8 Å². The van der Waals surface area contributed by atoms with Crippen LogP contribution in [0.1, 0.15) is 61.0 Å². The molecule has 1 heterocycles. The summed E-state index contributed by atoms with van der Waals surface area (Å²) in [6.45, 7) is 8.82. The van der Waals surface area contributed by atoms with Crippen LogP contribution in [0.4, 0.5) is 0 Å². The second-order valence-electron chi connectivity index (χ2n) is 11.0. The van der Waals surface area contributed by atoms with E-state index in [1.54, 1.807) is 18.3 Å². The second-order valence-corrected chi connectivity index (χ2v) is 11.0. The van der Waals surface area contributed by atoms with Crippen LogP contribution in [-0.2, 0) is 16.0 Å². The molecule has 3 aromatic rings. The Morgan fingerprint density at radius 2 is 1.67 bits per heavy atom. The van der Waals surface area contributed by atoms with E-state index in [9.17, 15) is 19.5 Å². The maximum Gasteiger partial charge on any atom is 0.305 e. The third-order valence-corrected chi connectivity index (χ3v) is 6.97. The number of nitrogens with one attached hydrogen (secondary N) is 1. The van der Waals surface area contributed by atoms with Gasteiger partial charge in [0.05, 0.1) is 12.5 Å². The highest BCUT2D eigenvalue weighted by molar-refractivity contribution is 5.82. The number of carboxylic acids is 1. The zero-order valence-electron chi connectivity index (χ0n) is 23.9. The van der Waals surface area contributed by atoms with Crippen molar-refractivity contribution in [3.8, 4) is 11.1 Å². The summed E-state index contributed by atoms with van der Waals surface area (Å²) in [6, 6.07) is 15.9. The number of pyridine rings is 1. The van der Waals surface area contributed by atoms with E-state index in [-0.39, 0.29) is 23.8 Å². The number of hydrogen-bond donors (Lipinski definition) is 2. The number of carboxylic acid groups (broad SMARTS) is 1. The Bertz CT molecular complexity index is 1340. The van der Waals surface area contributed by atoms with Crippen molar-refractivity contribution in [1.82, 2.24) is 14.8 Å². The smallest absolute Gasteiger partial charge is 0.305 e. The Kier molecular flexibility index (Phi) is 10.2. The predicted molar refractivity (Wildman–Crippen MR) is 156 cm³/mol. The largest absolute Gasteiger partial charge is 0.481 e. The molecule has 7 heteroatoms. The van der Waals surface area contributed by atoms with Gasteiger partial charge in [-0.1, -0.05) is 56.3 Å². The van der Waals surface area contributed by atoms with Gasteiger partial charge >= 0.3 is 5.97 Å².